The smallest absolute Gasteiger partial charge is 0.228 e. The van der Waals surface area contributed by atoms with Gasteiger partial charge in [-0.25, -0.2) is 4.98 Å². The largest absolute Gasteiger partial charge is 0.348 e. The minimum absolute atomic E-state index is 0.0394. The number of aromatic nitrogens is 2. The molecule has 1 fully saturated rings. The zero-order valence-corrected chi connectivity index (χ0v) is 12.9. The first-order valence-corrected chi connectivity index (χ1v) is 8.06. The van der Waals surface area contributed by atoms with Gasteiger partial charge >= 0.3 is 0 Å². The Morgan fingerprint density at radius 1 is 1.17 bits per heavy atom. The summed E-state index contributed by atoms with van der Waals surface area (Å²) in [4.78, 5) is 17.1. The number of benzene rings is 1. The average molecular weight is 305 g/mol. The van der Waals surface area contributed by atoms with Crippen molar-refractivity contribution in [2.45, 2.75) is 25.3 Å². The summed E-state index contributed by atoms with van der Waals surface area (Å²) < 4.78 is 2.01. The molecule has 0 saturated heterocycles. The van der Waals surface area contributed by atoms with Crippen LogP contribution in [0.2, 0.25) is 0 Å². The fourth-order valence-corrected chi connectivity index (χ4v) is 3.13. The predicted octanol–water partition coefficient (Wildman–Crippen LogP) is 3.14. The molecule has 1 N–H and O–H groups in total. The second kappa shape index (κ2) is 5.88. The van der Waals surface area contributed by atoms with Crippen molar-refractivity contribution in [3.8, 4) is 0 Å². The molecular weight excluding hydrogens is 286 g/mol. The number of nitrogens with one attached hydrogen (secondary N) is 1. The van der Waals surface area contributed by atoms with Gasteiger partial charge in [-0.05, 0) is 36.5 Å². The number of rotatable bonds is 5. The highest BCUT2D eigenvalue weighted by Gasteiger charge is 2.37. The molecule has 0 aliphatic heterocycles. The van der Waals surface area contributed by atoms with Crippen LogP contribution in [-0.2, 0) is 11.3 Å². The van der Waals surface area contributed by atoms with Crippen LogP contribution >= 0.6 is 0 Å². The Balaban J connectivity index is 1.50. The molecule has 0 spiro atoms. The summed E-state index contributed by atoms with van der Waals surface area (Å²) in [5.74, 6) is 1.40. The van der Waals surface area contributed by atoms with Crippen LogP contribution < -0.4 is 5.32 Å². The number of fused-ring (bicyclic) bond motifs is 1. The van der Waals surface area contributed by atoms with Crippen molar-refractivity contribution in [1.29, 1.82) is 0 Å². The molecular formula is C19H19N3O. The second-order valence-electron chi connectivity index (χ2n) is 6.11. The monoisotopic (exact) mass is 305 g/mol. The Morgan fingerprint density at radius 2 is 1.96 bits per heavy atom. The van der Waals surface area contributed by atoms with E-state index in [9.17, 15) is 4.79 Å². The van der Waals surface area contributed by atoms with E-state index in [0.29, 0.717) is 12.5 Å². The fraction of sp³-hybridized carbons (Fsp3) is 0.263. The molecule has 4 nitrogen and oxygen atoms in total. The number of hydrogen-bond acceptors (Lipinski definition) is 2. The summed E-state index contributed by atoms with van der Waals surface area (Å²) >= 11 is 0. The van der Waals surface area contributed by atoms with Crippen LogP contribution in [0.5, 0.6) is 0 Å². The maximum absolute atomic E-state index is 12.7. The minimum atomic E-state index is -0.0394. The summed E-state index contributed by atoms with van der Waals surface area (Å²) in [6.45, 7) is 0.451. The predicted molar refractivity (Wildman–Crippen MR) is 88.9 cm³/mol. The summed E-state index contributed by atoms with van der Waals surface area (Å²) in [5, 5.41) is 3.07. The van der Waals surface area contributed by atoms with Crippen molar-refractivity contribution in [3.63, 3.8) is 0 Å². The topological polar surface area (TPSA) is 46.4 Å². The van der Waals surface area contributed by atoms with Crippen LogP contribution in [0.3, 0.4) is 0 Å². The van der Waals surface area contributed by atoms with E-state index in [-0.39, 0.29) is 11.8 Å². The maximum Gasteiger partial charge on any atom is 0.228 e. The SMILES string of the molecule is O=C(NCc1ncc2ccccn12)C(c1ccccc1)C1CC1. The first kappa shape index (κ1) is 14.0. The third-order valence-electron chi connectivity index (χ3n) is 4.47. The van der Waals surface area contributed by atoms with Crippen LogP contribution in [0.15, 0.2) is 60.9 Å². The Hall–Kier alpha value is -2.62. The molecule has 2 heterocycles. The van der Waals surface area contributed by atoms with E-state index < -0.39 is 0 Å². The summed E-state index contributed by atoms with van der Waals surface area (Å²) in [6.07, 6.45) is 6.08. The molecule has 116 valence electrons. The van der Waals surface area contributed by atoms with Crippen molar-refractivity contribution in [2.75, 3.05) is 0 Å². The molecule has 4 heteroatoms. The Morgan fingerprint density at radius 3 is 2.74 bits per heavy atom. The van der Waals surface area contributed by atoms with Gasteiger partial charge < -0.3 is 9.72 Å². The number of imidazole rings is 1. The lowest BCUT2D eigenvalue weighted by Gasteiger charge is -2.16. The first-order valence-electron chi connectivity index (χ1n) is 8.06. The van der Waals surface area contributed by atoms with Crippen LogP contribution in [0.25, 0.3) is 5.52 Å². The normalized spacial score (nSPS) is 15.5. The van der Waals surface area contributed by atoms with Gasteiger partial charge in [0.1, 0.15) is 5.82 Å². The Kier molecular flexibility index (Phi) is 3.58. The molecule has 1 unspecified atom stereocenters. The van der Waals surface area contributed by atoms with Crippen LogP contribution in [0.4, 0.5) is 0 Å². The summed E-state index contributed by atoms with van der Waals surface area (Å²) in [6, 6.07) is 16.0. The lowest BCUT2D eigenvalue weighted by Crippen LogP contribution is -2.30. The number of pyridine rings is 1. The van der Waals surface area contributed by atoms with Crippen molar-refractivity contribution < 1.29 is 4.79 Å². The fourth-order valence-electron chi connectivity index (χ4n) is 3.13. The number of carbonyl (C=O) groups excluding carboxylic acids is 1. The summed E-state index contributed by atoms with van der Waals surface area (Å²) in [5.41, 5.74) is 2.15. The third-order valence-corrected chi connectivity index (χ3v) is 4.47. The average Bonchev–Trinajstić information content (AvgIpc) is 3.33. The van der Waals surface area contributed by atoms with Gasteiger partial charge in [0.05, 0.1) is 24.2 Å². The number of hydrogen-bond donors (Lipinski definition) is 1. The maximum atomic E-state index is 12.7. The minimum Gasteiger partial charge on any atom is -0.348 e. The van der Waals surface area contributed by atoms with Crippen LogP contribution in [0.1, 0.15) is 30.1 Å². The molecule has 0 bridgehead atoms. The lowest BCUT2D eigenvalue weighted by molar-refractivity contribution is -0.123. The van der Waals surface area contributed by atoms with E-state index in [4.69, 9.17) is 0 Å². The lowest BCUT2D eigenvalue weighted by atomic mass is 9.93. The van der Waals surface area contributed by atoms with Gasteiger partial charge in [-0.15, -0.1) is 0 Å². The van der Waals surface area contributed by atoms with E-state index in [1.807, 2.05) is 65.3 Å². The van der Waals surface area contributed by atoms with Gasteiger partial charge in [0.25, 0.3) is 0 Å². The van der Waals surface area contributed by atoms with E-state index >= 15 is 0 Å². The molecule has 3 aromatic rings. The molecule has 23 heavy (non-hydrogen) atoms. The number of nitrogens with zero attached hydrogens (tertiary/aromatic N) is 2. The number of carbonyl (C=O) groups is 1. The standard InChI is InChI=1S/C19H19N3O/c23-19(18(15-9-10-15)14-6-2-1-3-7-14)21-13-17-20-12-16-8-4-5-11-22(16)17/h1-8,11-12,15,18H,9-10,13H2,(H,21,23). The van der Waals surface area contributed by atoms with Gasteiger partial charge in [-0.2, -0.15) is 0 Å². The molecule has 0 radical (unpaired) electrons. The van der Waals surface area contributed by atoms with Gasteiger partial charge in [0.15, 0.2) is 0 Å². The van der Waals surface area contributed by atoms with E-state index in [2.05, 4.69) is 10.3 Å². The Labute approximate surface area is 135 Å². The van der Waals surface area contributed by atoms with Gasteiger partial charge in [-0.1, -0.05) is 36.4 Å². The van der Waals surface area contributed by atoms with Gasteiger partial charge in [0, 0.05) is 6.20 Å². The second-order valence-corrected chi connectivity index (χ2v) is 6.11. The van der Waals surface area contributed by atoms with Crippen molar-refractivity contribution >= 4 is 11.4 Å². The van der Waals surface area contributed by atoms with E-state index in [0.717, 1.165) is 29.7 Å². The molecule has 1 aliphatic carbocycles. The van der Waals surface area contributed by atoms with Crippen molar-refractivity contribution in [1.82, 2.24) is 14.7 Å². The third kappa shape index (κ3) is 2.84. The highest BCUT2D eigenvalue weighted by molar-refractivity contribution is 5.84. The molecule has 4 rings (SSSR count). The molecule has 1 amide bonds. The zero-order valence-electron chi connectivity index (χ0n) is 12.9. The first-order chi connectivity index (χ1) is 11.3. The van der Waals surface area contributed by atoms with Gasteiger partial charge in [-0.3, -0.25) is 4.79 Å². The van der Waals surface area contributed by atoms with Crippen molar-refractivity contribution in [2.24, 2.45) is 5.92 Å². The molecule has 2 aromatic heterocycles. The number of amides is 1. The molecule has 1 atom stereocenters. The molecule has 1 saturated carbocycles. The zero-order chi connectivity index (χ0) is 15.6. The molecule has 1 aliphatic rings. The van der Waals surface area contributed by atoms with E-state index in [1.165, 1.54) is 0 Å². The quantitative estimate of drug-likeness (QED) is 0.787. The Bertz CT molecular complexity index is 821. The highest BCUT2D eigenvalue weighted by atomic mass is 16.1. The van der Waals surface area contributed by atoms with Crippen LogP contribution in [0, 0.1) is 5.92 Å². The van der Waals surface area contributed by atoms with Crippen molar-refractivity contribution in [3.05, 3.63) is 72.3 Å². The van der Waals surface area contributed by atoms with Gasteiger partial charge in [0.2, 0.25) is 5.91 Å². The van der Waals surface area contributed by atoms with E-state index in [1.54, 1.807) is 0 Å². The molecule has 1 aromatic carbocycles. The highest BCUT2D eigenvalue weighted by Crippen LogP contribution is 2.42. The summed E-state index contributed by atoms with van der Waals surface area (Å²) in [7, 11) is 0. The van der Waals surface area contributed by atoms with Crippen LogP contribution in [-0.4, -0.2) is 15.3 Å².